The zero-order chi connectivity index (χ0) is 15.9. The van der Waals surface area contributed by atoms with Gasteiger partial charge < -0.3 is 19.8 Å². The van der Waals surface area contributed by atoms with Crippen molar-refractivity contribution in [2.24, 2.45) is 5.92 Å². The van der Waals surface area contributed by atoms with E-state index in [4.69, 9.17) is 9.15 Å². The van der Waals surface area contributed by atoms with Crippen LogP contribution < -0.4 is 10.6 Å². The second-order valence-corrected chi connectivity index (χ2v) is 6.45. The van der Waals surface area contributed by atoms with Crippen molar-refractivity contribution in [1.82, 2.24) is 15.5 Å². The Morgan fingerprint density at radius 2 is 2.17 bits per heavy atom. The lowest BCUT2D eigenvalue weighted by atomic mass is 10.1. The molecule has 0 aromatic carbocycles. The molecule has 2 atom stereocenters. The lowest BCUT2D eigenvalue weighted by Gasteiger charge is -2.33. The Balaban J connectivity index is 1.48. The molecule has 2 aliphatic rings. The Kier molecular flexibility index (Phi) is 5.93. The van der Waals surface area contributed by atoms with E-state index >= 15 is 0 Å². The SMILES string of the molecule is O=C(NC[C@H]1CCOC1)NC[C@H](c1ccco1)N1CCCCC1. The molecule has 2 aliphatic heterocycles. The number of nitrogens with zero attached hydrogens (tertiary/aromatic N) is 1. The van der Waals surface area contributed by atoms with Crippen LogP contribution in [0.15, 0.2) is 22.8 Å². The third kappa shape index (κ3) is 4.72. The van der Waals surface area contributed by atoms with E-state index < -0.39 is 0 Å². The van der Waals surface area contributed by atoms with E-state index in [1.165, 1.54) is 19.3 Å². The molecule has 3 heterocycles. The van der Waals surface area contributed by atoms with Gasteiger partial charge in [-0.2, -0.15) is 0 Å². The maximum Gasteiger partial charge on any atom is 0.314 e. The van der Waals surface area contributed by atoms with E-state index in [1.54, 1.807) is 6.26 Å². The summed E-state index contributed by atoms with van der Waals surface area (Å²) in [4.78, 5) is 14.5. The monoisotopic (exact) mass is 321 g/mol. The van der Waals surface area contributed by atoms with E-state index in [2.05, 4.69) is 15.5 Å². The number of carbonyl (C=O) groups is 1. The predicted molar refractivity (Wildman–Crippen MR) is 87.2 cm³/mol. The van der Waals surface area contributed by atoms with Gasteiger partial charge in [0.1, 0.15) is 5.76 Å². The van der Waals surface area contributed by atoms with Gasteiger partial charge in [-0.1, -0.05) is 6.42 Å². The topological polar surface area (TPSA) is 66.7 Å². The molecule has 2 saturated heterocycles. The van der Waals surface area contributed by atoms with Gasteiger partial charge in [0.25, 0.3) is 0 Å². The molecule has 6 heteroatoms. The van der Waals surface area contributed by atoms with Crippen LogP contribution in [0.5, 0.6) is 0 Å². The van der Waals surface area contributed by atoms with Crippen molar-refractivity contribution < 1.29 is 13.9 Å². The number of amides is 2. The Labute approximate surface area is 137 Å². The molecule has 2 fully saturated rings. The lowest BCUT2D eigenvalue weighted by molar-refractivity contribution is 0.143. The van der Waals surface area contributed by atoms with E-state index in [0.717, 1.165) is 38.5 Å². The minimum absolute atomic E-state index is 0.106. The first kappa shape index (κ1) is 16.3. The fraction of sp³-hybridized carbons (Fsp3) is 0.706. The van der Waals surface area contributed by atoms with E-state index in [1.807, 2.05) is 12.1 Å². The Hall–Kier alpha value is -1.53. The van der Waals surface area contributed by atoms with Gasteiger partial charge in [0, 0.05) is 25.6 Å². The molecule has 0 unspecified atom stereocenters. The third-order valence-electron chi connectivity index (χ3n) is 4.73. The van der Waals surface area contributed by atoms with Crippen molar-refractivity contribution in [3.8, 4) is 0 Å². The molecule has 0 saturated carbocycles. The summed E-state index contributed by atoms with van der Waals surface area (Å²) < 4.78 is 10.9. The summed E-state index contributed by atoms with van der Waals surface area (Å²) >= 11 is 0. The zero-order valence-electron chi connectivity index (χ0n) is 13.6. The molecule has 0 bridgehead atoms. The van der Waals surface area contributed by atoms with Gasteiger partial charge in [0.15, 0.2) is 0 Å². The number of rotatable bonds is 6. The van der Waals surface area contributed by atoms with Crippen molar-refractivity contribution in [1.29, 1.82) is 0 Å². The highest BCUT2D eigenvalue weighted by atomic mass is 16.5. The Morgan fingerprint density at radius 3 is 2.87 bits per heavy atom. The van der Waals surface area contributed by atoms with Crippen molar-refractivity contribution in [2.75, 3.05) is 39.4 Å². The summed E-state index contributed by atoms with van der Waals surface area (Å²) in [6.07, 6.45) is 6.45. The number of likely N-dealkylation sites (tertiary alicyclic amines) is 1. The summed E-state index contributed by atoms with van der Waals surface area (Å²) in [7, 11) is 0. The molecule has 3 rings (SSSR count). The van der Waals surface area contributed by atoms with E-state index in [-0.39, 0.29) is 12.1 Å². The van der Waals surface area contributed by atoms with Crippen LogP contribution in [0.2, 0.25) is 0 Å². The molecule has 0 spiro atoms. The lowest BCUT2D eigenvalue weighted by Crippen LogP contribution is -2.44. The van der Waals surface area contributed by atoms with Gasteiger partial charge >= 0.3 is 6.03 Å². The van der Waals surface area contributed by atoms with Crippen molar-refractivity contribution in [2.45, 2.75) is 31.7 Å². The maximum atomic E-state index is 12.0. The van der Waals surface area contributed by atoms with Crippen molar-refractivity contribution >= 4 is 6.03 Å². The Bertz CT molecular complexity index is 465. The van der Waals surface area contributed by atoms with Crippen LogP contribution in [0.25, 0.3) is 0 Å². The summed E-state index contributed by atoms with van der Waals surface area (Å²) in [6.45, 7) is 4.94. The molecule has 2 amide bonds. The first-order chi connectivity index (χ1) is 11.3. The van der Waals surface area contributed by atoms with Gasteiger partial charge in [-0.25, -0.2) is 4.79 Å². The number of ether oxygens (including phenoxy) is 1. The van der Waals surface area contributed by atoms with Crippen LogP contribution in [0.4, 0.5) is 4.79 Å². The highest BCUT2D eigenvalue weighted by Gasteiger charge is 2.25. The number of hydrogen-bond donors (Lipinski definition) is 2. The third-order valence-corrected chi connectivity index (χ3v) is 4.73. The number of furan rings is 1. The number of hydrogen-bond acceptors (Lipinski definition) is 4. The smallest absolute Gasteiger partial charge is 0.314 e. The minimum atomic E-state index is -0.106. The molecule has 128 valence electrons. The number of urea groups is 1. The van der Waals surface area contributed by atoms with E-state index in [9.17, 15) is 4.79 Å². The molecule has 2 N–H and O–H groups in total. The van der Waals surface area contributed by atoms with Crippen LogP contribution in [0.3, 0.4) is 0 Å². The molecule has 23 heavy (non-hydrogen) atoms. The van der Waals surface area contributed by atoms with Gasteiger partial charge in [0.05, 0.1) is 18.9 Å². The average molecular weight is 321 g/mol. The van der Waals surface area contributed by atoms with E-state index in [0.29, 0.717) is 19.0 Å². The Morgan fingerprint density at radius 1 is 1.30 bits per heavy atom. The summed E-state index contributed by atoms with van der Waals surface area (Å²) in [5, 5.41) is 5.95. The molecule has 1 aromatic heterocycles. The first-order valence-corrected chi connectivity index (χ1v) is 8.70. The van der Waals surface area contributed by atoms with Crippen LogP contribution in [-0.2, 0) is 4.74 Å². The molecule has 0 radical (unpaired) electrons. The largest absolute Gasteiger partial charge is 0.468 e. The first-order valence-electron chi connectivity index (χ1n) is 8.70. The fourth-order valence-corrected chi connectivity index (χ4v) is 3.35. The highest BCUT2D eigenvalue weighted by Crippen LogP contribution is 2.24. The molecular weight excluding hydrogens is 294 g/mol. The second-order valence-electron chi connectivity index (χ2n) is 6.45. The van der Waals surface area contributed by atoms with Crippen LogP contribution in [0.1, 0.15) is 37.5 Å². The molecule has 6 nitrogen and oxygen atoms in total. The van der Waals surface area contributed by atoms with Crippen molar-refractivity contribution in [3.63, 3.8) is 0 Å². The second kappa shape index (κ2) is 8.36. The minimum Gasteiger partial charge on any atom is -0.468 e. The standard InChI is InChI=1S/C17H27N3O3/c21-17(18-11-14-6-10-22-13-14)19-12-15(16-5-4-9-23-16)20-7-2-1-3-8-20/h4-5,9,14-15H,1-3,6-8,10-13H2,(H2,18,19,21)/t14-,15-/m1/s1. The normalized spacial score (nSPS) is 23.6. The van der Waals surface area contributed by atoms with Gasteiger partial charge in [-0.15, -0.1) is 0 Å². The van der Waals surface area contributed by atoms with Gasteiger partial charge in [-0.3, -0.25) is 4.90 Å². The van der Waals surface area contributed by atoms with Gasteiger partial charge in [0.2, 0.25) is 0 Å². The average Bonchev–Trinajstić information content (AvgIpc) is 3.28. The molecular formula is C17H27N3O3. The number of carbonyl (C=O) groups excluding carboxylic acids is 1. The maximum absolute atomic E-state index is 12.0. The van der Waals surface area contributed by atoms with Crippen LogP contribution >= 0.6 is 0 Å². The predicted octanol–water partition coefficient (Wildman–Crippen LogP) is 2.14. The number of nitrogens with one attached hydrogen (secondary N) is 2. The summed E-state index contributed by atoms with van der Waals surface area (Å²) in [5.74, 6) is 1.38. The number of piperidine rings is 1. The summed E-state index contributed by atoms with van der Waals surface area (Å²) in [5.41, 5.74) is 0. The van der Waals surface area contributed by atoms with Crippen LogP contribution in [-0.4, -0.2) is 50.3 Å². The highest BCUT2D eigenvalue weighted by molar-refractivity contribution is 5.73. The summed E-state index contributed by atoms with van der Waals surface area (Å²) in [6, 6.07) is 3.91. The van der Waals surface area contributed by atoms with Gasteiger partial charge in [-0.05, 0) is 44.5 Å². The molecule has 0 aliphatic carbocycles. The fourth-order valence-electron chi connectivity index (χ4n) is 3.35. The van der Waals surface area contributed by atoms with Crippen LogP contribution in [0, 0.1) is 5.92 Å². The quantitative estimate of drug-likeness (QED) is 0.842. The molecule has 1 aromatic rings. The zero-order valence-corrected chi connectivity index (χ0v) is 13.6. The van der Waals surface area contributed by atoms with Crippen molar-refractivity contribution in [3.05, 3.63) is 24.2 Å².